The van der Waals surface area contributed by atoms with Crippen LogP contribution in [0.25, 0.3) is 0 Å². The number of nitrogens with one attached hydrogen (secondary N) is 1. The van der Waals surface area contributed by atoms with Crippen molar-refractivity contribution in [3.63, 3.8) is 0 Å². The Kier molecular flexibility index (Phi) is 5.79. The van der Waals surface area contributed by atoms with Crippen molar-refractivity contribution in [3.05, 3.63) is 51.0 Å². The van der Waals surface area contributed by atoms with Gasteiger partial charge in [-0.15, -0.1) is 0 Å². The molecule has 0 fully saturated rings. The van der Waals surface area contributed by atoms with Crippen molar-refractivity contribution in [1.29, 1.82) is 0 Å². The summed E-state index contributed by atoms with van der Waals surface area (Å²) in [5.41, 5.74) is 1.70. The first-order valence-corrected chi connectivity index (χ1v) is 8.15. The monoisotopic (exact) mass is 373 g/mol. The molecular formula is C15H18BrClFN3. The van der Waals surface area contributed by atoms with E-state index in [4.69, 9.17) is 11.6 Å². The summed E-state index contributed by atoms with van der Waals surface area (Å²) < 4.78 is 16.2. The Morgan fingerprint density at radius 3 is 2.81 bits per heavy atom. The molecule has 3 nitrogen and oxygen atoms in total. The van der Waals surface area contributed by atoms with Gasteiger partial charge in [-0.1, -0.05) is 24.6 Å². The zero-order valence-electron chi connectivity index (χ0n) is 12.0. The highest BCUT2D eigenvalue weighted by atomic mass is 79.9. The molecule has 0 radical (unpaired) electrons. The highest BCUT2D eigenvalue weighted by Gasteiger charge is 2.22. The number of aryl methyl sites for hydroxylation is 1. The molecular weight excluding hydrogens is 357 g/mol. The summed E-state index contributed by atoms with van der Waals surface area (Å²) in [6.45, 7) is 5.62. The van der Waals surface area contributed by atoms with Crippen LogP contribution in [0.2, 0.25) is 5.02 Å². The van der Waals surface area contributed by atoms with Crippen LogP contribution >= 0.6 is 27.5 Å². The highest BCUT2D eigenvalue weighted by Crippen LogP contribution is 2.30. The molecule has 1 unspecified atom stereocenters. The van der Waals surface area contributed by atoms with Crippen LogP contribution < -0.4 is 5.32 Å². The first-order chi connectivity index (χ1) is 10.1. The van der Waals surface area contributed by atoms with Gasteiger partial charge < -0.3 is 5.32 Å². The molecule has 0 amide bonds. The van der Waals surface area contributed by atoms with Gasteiger partial charge in [-0.05, 0) is 53.5 Å². The van der Waals surface area contributed by atoms with E-state index in [1.165, 1.54) is 6.07 Å². The first-order valence-electron chi connectivity index (χ1n) is 6.98. The lowest BCUT2D eigenvalue weighted by Crippen LogP contribution is -2.26. The predicted octanol–water partition coefficient (Wildman–Crippen LogP) is 4.55. The van der Waals surface area contributed by atoms with Crippen LogP contribution in [0.5, 0.6) is 0 Å². The number of benzene rings is 1. The van der Waals surface area contributed by atoms with Crippen LogP contribution in [-0.4, -0.2) is 16.3 Å². The van der Waals surface area contributed by atoms with Gasteiger partial charge in [0.1, 0.15) is 5.82 Å². The Hall–Kier alpha value is -0.910. The summed E-state index contributed by atoms with van der Waals surface area (Å²) in [5, 5.41) is 8.28. The third-order valence-corrected chi connectivity index (χ3v) is 4.22. The first kappa shape index (κ1) is 16.5. The second-order valence-corrected chi connectivity index (χ2v) is 6.02. The topological polar surface area (TPSA) is 29.9 Å². The summed E-state index contributed by atoms with van der Waals surface area (Å²) in [4.78, 5) is 0. The van der Waals surface area contributed by atoms with Crippen molar-refractivity contribution in [2.24, 2.45) is 0 Å². The lowest BCUT2D eigenvalue weighted by atomic mass is 10.0. The molecule has 0 saturated carbocycles. The van der Waals surface area contributed by atoms with E-state index in [2.05, 4.69) is 33.3 Å². The summed E-state index contributed by atoms with van der Waals surface area (Å²) in [6.07, 6.45) is 2.61. The maximum Gasteiger partial charge on any atom is 0.137 e. The van der Waals surface area contributed by atoms with Crippen molar-refractivity contribution in [3.8, 4) is 0 Å². The second-order valence-electron chi connectivity index (χ2n) is 4.75. The fraction of sp³-hybridized carbons (Fsp3) is 0.400. The lowest BCUT2D eigenvalue weighted by molar-refractivity contribution is 0.526. The van der Waals surface area contributed by atoms with E-state index >= 15 is 0 Å². The number of aromatic nitrogens is 2. The molecule has 1 N–H and O–H groups in total. The Labute approximate surface area is 137 Å². The van der Waals surface area contributed by atoms with Gasteiger partial charge in [0.2, 0.25) is 0 Å². The van der Waals surface area contributed by atoms with Crippen LogP contribution in [0.1, 0.15) is 37.6 Å². The molecule has 1 aromatic carbocycles. The van der Waals surface area contributed by atoms with Crippen LogP contribution in [0, 0.1) is 5.82 Å². The maximum atomic E-state index is 13.9. The third kappa shape index (κ3) is 3.65. The van der Waals surface area contributed by atoms with E-state index in [1.807, 2.05) is 17.7 Å². The van der Waals surface area contributed by atoms with Crippen molar-refractivity contribution in [2.45, 2.75) is 32.9 Å². The van der Waals surface area contributed by atoms with Gasteiger partial charge >= 0.3 is 0 Å². The van der Waals surface area contributed by atoms with Crippen molar-refractivity contribution >= 4 is 27.5 Å². The summed E-state index contributed by atoms with van der Waals surface area (Å²) in [7, 11) is 0. The summed E-state index contributed by atoms with van der Waals surface area (Å²) in [6, 6.07) is 4.96. The Morgan fingerprint density at radius 2 is 2.19 bits per heavy atom. The number of nitrogens with zero attached hydrogens (tertiary/aromatic N) is 2. The summed E-state index contributed by atoms with van der Waals surface area (Å²) in [5.74, 6) is -0.283. The molecule has 0 aliphatic carbocycles. The number of rotatable bonds is 6. The normalized spacial score (nSPS) is 12.6. The minimum Gasteiger partial charge on any atom is -0.305 e. The molecule has 6 heteroatoms. The molecule has 2 rings (SSSR count). The summed E-state index contributed by atoms with van der Waals surface area (Å²) >= 11 is 9.48. The van der Waals surface area contributed by atoms with Crippen LogP contribution in [0.3, 0.4) is 0 Å². The molecule has 0 aliphatic rings. The van der Waals surface area contributed by atoms with Gasteiger partial charge in [0.25, 0.3) is 0 Å². The highest BCUT2D eigenvalue weighted by molar-refractivity contribution is 9.10. The van der Waals surface area contributed by atoms with Gasteiger partial charge in [0.15, 0.2) is 0 Å². The molecule has 0 bridgehead atoms. The lowest BCUT2D eigenvalue weighted by Gasteiger charge is -2.21. The fourth-order valence-electron chi connectivity index (χ4n) is 2.26. The van der Waals surface area contributed by atoms with Gasteiger partial charge in [-0.3, -0.25) is 4.68 Å². The Bertz CT molecular complexity index is 615. The van der Waals surface area contributed by atoms with Crippen molar-refractivity contribution in [1.82, 2.24) is 15.1 Å². The molecule has 0 saturated heterocycles. The molecule has 1 atom stereocenters. The molecule has 1 heterocycles. The van der Waals surface area contributed by atoms with E-state index < -0.39 is 0 Å². The van der Waals surface area contributed by atoms with E-state index in [0.717, 1.165) is 24.2 Å². The minimum absolute atomic E-state index is 0.178. The van der Waals surface area contributed by atoms with E-state index in [0.29, 0.717) is 16.0 Å². The standard InChI is InChI=1S/C15H18BrClFN3/c1-3-7-19-14(10-5-6-11(16)13(18)8-10)15-12(17)9-20-21(15)4-2/h5-6,8-9,14,19H,3-4,7H2,1-2H3. The van der Waals surface area contributed by atoms with E-state index in [-0.39, 0.29) is 11.9 Å². The zero-order chi connectivity index (χ0) is 15.4. The van der Waals surface area contributed by atoms with Crippen LogP contribution in [0.4, 0.5) is 4.39 Å². The van der Waals surface area contributed by atoms with E-state index in [9.17, 15) is 4.39 Å². The minimum atomic E-state index is -0.283. The quantitative estimate of drug-likeness (QED) is 0.804. The Morgan fingerprint density at radius 1 is 1.43 bits per heavy atom. The Balaban J connectivity index is 2.46. The maximum absolute atomic E-state index is 13.9. The van der Waals surface area contributed by atoms with Crippen molar-refractivity contribution in [2.75, 3.05) is 6.54 Å². The number of hydrogen-bond acceptors (Lipinski definition) is 2. The van der Waals surface area contributed by atoms with Crippen molar-refractivity contribution < 1.29 is 4.39 Å². The second kappa shape index (κ2) is 7.38. The van der Waals surface area contributed by atoms with Gasteiger partial charge in [-0.25, -0.2) is 4.39 Å². The fourth-order valence-corrected chi connectivity index (χ4v) is 2.76. The average Bonchev–Trinajstić information content (AvgIpc) is 2.84. The predicted molar refractivity (Wildman–Crippen MR) is 87.1 cm³/mol. The smallest absolute Gasteiger partial charge is 0.137 e. The number of halogens is 3. The molecule has 0 spiro atoms. The largest absolute Gasteiger partial charge is 0.305 e. The van der Waals surface area contributed by atoms with Gasteiger partial charge in [0, 0.05) is 6.54 Å². The number of hydrogen-bond donors (Lipinski definition) is 1. The molecule has 114 valence electrons. The molecule has 21 heavy (non-hydrogen) atoms. The molecule has 0 aliphatic heterocycles. The van der Waals surface area contributed by atoms with Gasteiger partial charge in [0.05, 0.1) is 27.4 Å². The molecule has 1 aromatic heterocycles. The zero-order valence-corrected chi connectivity index (χ0v) is 14.4. The molecule has 2 aromatic rings. The van der Waals surface area contributed by atoms with Crippen LogP contribution in [-0.2, 0) is 6.54 Å². The third-order valence-electron chi connectivity index (χ3n) is 3.28. The SMILES string of the molecule is CCCNC(c1ccc(Br)c(F)c1)c1c(Cl)cnn1CC. The van der Waals surface area contributed by atoms with Crippen LogP contribution in [0.15, 0.2) is 28.9 Å². The average molecular weight is 375 g/mol. The van der Waals surface area contributed by atoms with Gasteiger partial charge in [-0.2, -0.15) is 5.10 Å². The van der Waals surface area contributed by atoms with E-state index in [1.54, 1.807) is 12.3 Å².